The minimum Gasteiger partial charge on any atom is -0.376 e. The number of piperazine rings is 1. The van der Waals surface area contributed by atoms with Crippen LogP contribution < -0.4 is 10.5 Å². The topological polar surface area (TPSA) is 81.8 Å². The Kier molecular flexibility index (Phi) is 8.88. The molecule has 4 heterocycles. The molecular formula is C26H35N5O3S2. The number of amides is 1. The predicted molar refractivity (Wildman–Crippen MR) is 148 cm³/mol. The molecule has 4 rings (SSSR count). The van der Waals surface area contributed by atoms with E-state index in [1.54, 1.807) is 9.47 Å². The highest BCUT2D eigenvalue weighted by Crippen LogP contribution is 2.36. The van der Waals surface area contributed by atoms with E-state index in [0.29, 0.717) is 27.9 Å². The Balaban J connectivity index is 1.79. The molecule has 3 aliphatic rings. The van der Waals surface area contributed by atoms with Crippen LogP contribution in [-0.4, -0.2) is 76.6 Å². The van der Waals surface area contributed by atoms with Gasteiger partial charge in [0.25, 0.3) is 11.5 Å². The second-order valence-corrected chi connectivity index (χ2v) is 11.2. The number of carbonyl (C=O) groups is 1. The maximum Gasteiger partial charge on any atom is 0.270 e. The first-order chi connectivity index (χ1) is 17.4. The van der Waals surface area contributed by atoms with Crippen molar-refractivity contribution in [2.75, 3.05) is 50.8 Å². The molecule has 8 nitrogen and oxygen atoms in total. The smallest absolute Gasteiger partial charge is 0.270 e. The van der Waals surface area contributed by atoms with Crippen molar-refractivity contribution in [3.63, 3.8) is 0 Å². The first-order valence-corrected chi connectivity index (χ1v) is 14.1. The number of hydrogen-bond donors (Lipinski definition) is 0. The lowest BCUT2D eigenvalue weighted by Gasteiger charge is -2.37. The Morgan fingerprint density at radius 3 is 2.58 bits per heavy atom. The highest BCUT2D eigenvalue weighted by Gasteiger charge is 2.35. The summed E-state index contributed by atoms with van der Waals surface area (Å²) in [7, 11) is 0. The molecule has 1 aromatic heterocycles. The van der Waals surface area contributed by atoms with Crippen molar-refractivity contribution >= 4 is 46.1 Å². The van der Waals surface area contributed by atoms with Crippen molar-refractivity contribution in [3.8, 4) is 6.07 Å². The number of hydrogen-bond acceptors (Lipinski definition) is 8. The average molecular weight is 530 g/mol. The van der Waals surface area contributed by atoms with Crippen LogP contribution in [0.3, 0.4) is 0 Å². The third kappa shape index (κ3) is 5.40. The van der Waals surface area contributed by atoms with E-state index >= 15 is 0 Å². The second kappa shape index (κ2) is 11.9. The number of pyridine rings is 1. The van der Waals surface area contributed by atoms with Gasteiger partial charge in [-0.1, -0.05) is 44.2 Å². The van der Waals surface area contributed by atoms with E-state index in [4.69, 9.17) is 17.0 Å². The third-order valence-electron chi connectivity index (χ3n) is 7.26. The molecule has 0 saturated carbocycles. The van der Waals surface area contributed by atoms with Gasteiger partial charge < -0.3 is 14.5 Å². The third-order valence-corrected chi connectivity index (χ3v) is 8.64. The van der Waals surface area contributed by atoms with Gasteiger partial charge in [-0.05, 0) is 44.4 Å². The van der Waals surface area contributed by atoms with Crippen molar-refractivity contribution in [3.05, 3.63) is 31.9 Å². The van der Waals surface area contributed by atoms with Crippen LogP contribution in [-0.2, 0) is 16.1 Å². The molecule has 0 spiro atoms. The number of thiocarbonyl (C=S) groups is 1. The molecule has 1 aromatic rings. The van der Waals surface area contributed by atoms with Crippen molar-refractivity contribution in [1.29, 1.82) is 5.26 Å². The largest absolute Gasteiger partial charge is 0.376 e. The minimum absolute atomic E-state index is 0.0140. The quantitative estimate of drug-likeness (QED) is 0.375. The summed E-state index contributed by atoms with van der Waals surface area (Å²) in [5, 5.41) is 9.88. The van der Waals surface area contributed by atoms with Crippen LogP contribution in [0.1, 0.15) is 56.2 Å². The highest BCUT2D eigenvalue weighted by atomic mass is 32.2. The number of rotatable bonds is 8. The van der Waals surface area contributed by atoms with E-state index < -0.39 is 0 Å². The van der Waals surface area contributed by atoms with Crippen molar-refractivity contribution in [2.24, 2.45) is 0 Å². The van der Waals surface area contributed by atoms with Gasteiger partial charge in [-0.3, -0.25) is 19.1 Å². The van der Waals surface area contributed by atoms with Crippen LogP contribution in [0.5, 0.6) is 0 Å². The lowest BCUT2D eigenvalue weighted by atomic mass is 10.0. The minimum atomic E-state index is -0.251. The summed E-state index contributed by atoms with van der Waals surface area (Å²) in [4.78, 5) is 33.6. The monoisotopic (exact) mass is 529 g/mol. The molecule has 1 amide bonds. The lowest BCUT2D eigenvalue weighted by molar-refractivity contribution is -0.123. The summed E-state index contributed by atoms with van der Waals surface area (Å²) < 4.78 is 8.02. The van der Waals surface area contributed by atoms with Gasteiger partial charge >= 0.3 is 0 Å². The van der Waals surface area contributed by atoms with Crippen LogP contribution in [0.4, 0.5) is 5.82 Å². The van der Waals surface area contributed by atoms with Crippen LogP contribution in [0.2, 0.25) is 0 Å². The fourth-order valence-electron chi connectivity index (χ4n) is 5.06. The molecule has 0 bridgehead atoms. The first-order valence-electron chi connectivity index (χ1n) is 12.9. The summed E-state index contributed by atoms with van der Waals surface area (Å²) in [5.41, 5.74) is 1.28. The molecule has 3 aliphatic heterocycles. The molecule has 194 valence electrons. The van der Waals surface area contributed by atoms with Gasteiger partial charge in [-0.2, -0.15) is 5.26 Å². The Labute approximate surface area is 222 Å². The van der Waals surface area contributed by atoms with Gasteiger partial charge in [-0.15, -0.1) is 0 Å². The molecule has 0 radical (unpaired) electrons. The van der Waals surface area contributed by atoms with Crippen LogP contribution in [0, 0.1) is 18.3 Å². The number of ether oxygens (including phenoxy) is 1. The summed E-state index contributed by atoms with van der Waals surface area (Å²) in [5.74, 6) is 0.677. The summed E-state index contributed by atoms with van der Waals surface area (Å²) in [6.07, 6.45) is 5.56. The maximum atomic E-state index is 13.4. The number of likely N-dealkylation sites (N-methyl/N-ethyl adjacent to an activating group) is 1. The second-order valence-electron chi connectivity index (χ2n) is 9.51. The molecular weight excluding hydrogens is 494 g/mol. The maximum absolute atomic E-state index is 13.4. The molecule has 3 fully saturated rings. The Morgan fingerprint density at radius 2 is 1.97 bits per heavy atom. The molecule has 3 saturated heterocycles. The SMILES string of the molecule is CCCCn1c(N2CCN(CC)CC2)c(C=C2SC(=S)N(CC3CCCO3)C2=O)c(C)c(C#N)c1=O. The van der Waals surface area contributed by atoms with Crippen LogP contribution in [0.25, 0.3) is 6.08 Å². The fraction of sp³-hybridized carbons (Fsp3) is 0.615. The van der Waals surface area contributed by atoms with E-state index in [9.17, 15) is 14.9 Å². The summed E-state index contributed by atoms with van der Waals surface area (Å²) in [6.45, 7) is 12.1. The van der Waals surface area contributed by atoms with E-state index in [0.717, 1.165) is 76.4 Å². The normalized spacial score (nSPS) is 22.2. The molecule has 0 aromatic carbocycles. The first kappa shape index (κ1) is 26.9. The summed E-state index contributed by atoms with van der Waals surface area (Å²) >= 11 is 6.85. The van der Waals surface area contributed by atoms with Crippen molar-refractivity contribution in [1.82, 2.24) is 14.4 Å². The zero-order valence-electron chi connectivity index (χ0n) is 21.4. The number of nitriles is 1. The number of anilines is 1. The molecule has 1 unspecified atom stereocenters. The fourth-order valence-corrected chi connectivity index (χ4v) is 6.32. The van der Waals surface area contributed by atoms with E-state index in [1.807, 2.05) is 13.0 Å². The Hall–Kier alpha value is -2.19. The Morgan fingerprint density at radius 1 is 1.22 bits per heavy atom. The van der Waals surface area contributed by atoms with E-state index in [-0.39, 0.29) is 23.1 Å². The lowest BCUT2D eigenvalue weighted by Crippen LogP contribution is -2.48. The summed E-state index contributed by atoms with van der Waals surface area (Å²) in [6, 6.07) is 2.14. The number of thioether (sulfide) groups is 1. The van der Waals surface area contributed by atoms with Gasteiger partial charge in [0.15, 0.2) is 0 Å². The predicted octanol–water partition coefficient (Wildman–Crippen LogP) is 3.35. The Bertz CT molecular complexity index is 1140. The van der Waals surface area contributed by atoms with Gasteiger partial charge in [0.1, 0.15) is 21.8 Å². The van der Waals surface area contributed by atoms with Crippen LogP contribution >= 0.6 is 24.0 Å². The van der Waals surface area contributed by atoms with Gasteiger partial charge in [0.2, 0.25) is 0 Å². The molecule has 0 aliphatic carbocycles. The molecule has 10 heteroatoms. The highest BCUT2D eigenvalue weighted by molar-refractivity contribution is 8.26. The van der Waals surface area contributed by atoms with Gasteiger partial charge in [-0.25, -0.2) is 0 Å². The molecule has 1 atom stereocenters. The molecule has 0 N–H and O–H groups in total. The zero-order chi connectivity index (χ0) is 25.8. The zero-order valence-corrected chi connectivity index (χ0v) is 23.1. The van der Waals surface area contributed by atoms with Gasteiger partial charge in [0.05, 0.1) is 17.6 Å². The van der Waals surface area contributed by atoms with Crippen LogP contribution in [0.15, 0.2) is 9.70 Å². The molecule has 36 heavy (non-hydrogen) atoms. The van der Waals surface area contributed by atoms with Crippen molar-refractivity contribution in [2.45, 2.75) is 59.1 Å². The number of carbonyl (C=O) groups excluding carboxylic acids is 1. The van der Waals surface area contributed by atoms with E-state index in [1.165, 1.54) is 11.8 Å². The number of unbranched alkanes of at least 4 members (excludes halogenated alkanes) is 1. The van der Waals surface area contributed by atoms with Gasteiger partial charge in [0, 0.05) is 44.9 Å². The average Bonchev–Trinajstić information content (AvgIpc) is 3.49. The van der Waals surface area contributed by atoms with Crippen molar-refractivity contribution < 1.29 is 9.53 Å². The number of nitrogens with zero attached hydrogens (tertiary/aromatic N) is 5. The number of aromatic nitrogens is 1. The standard InChI is InChI=1S/C26H35N5O3S2/c1-4-6-9-30-23(29-12-10-28(5-2)11-13-29)20(18(3)21(16-27)24(30)32)15-22-25(33)31(26(35)36-22)17-19-8-7-14-34-19/h15,19H,4-14,17H2,1-3H3. The van der Waals surface area contributed by atoms with E-state index in [2.05, 4.69) is 29.7 Å².